The summed E-state index contributed by atoms with van der Waals surface area (Å²) in [6.45, 7) is 24.0. The quantitative estimate of drug-likeness (QED) is 0.00706. The Kier molecular flexibility index (Phi) is 53.9. The van der Waals surface area contributed by atoms with E-state index < -0.39 is 140 Å². The Labute approximate surface area is 826 Å². The van der Waals surface area contributed by atoms with Crippen LogP contribution in [0, 0.1) is 49.9 Å². The molecule has 139 heavy (non-hydrogen) atoms. The number of H-pyrrole nitrogens is 7. The first kappa shape index (κ1) is 124. The van der Waals surface area contributed by atoms with Crippen molar-refractivity contribution < 1.29 is 96.5 Å². The summed E-state index contributed by atoms with van der Waals surface area (Å²) in [5, 5.41) is 40.0. The summed E-state index contributed by atoms with van der Waals surface area (Å²) in [5.74, 6) is -10.0. The number of aromatic amines is 7. The summed E-state index contributed by atoms with van der Waals surface area (Å²) in [4.78, 5) is 132. The number of piperidine rings is 4. The number of hydrogen-bond donors (Lipinski definition) is 13. The third-order valence-electron chi connectivity index (χ3n) is 19.3. The number of carbonyl (C=O) groups is 5. The number of halogens is 11. The zero-order valence-corrected chi connectivity index (χ0v) is 83.6. The number of hydrogen-bond acceptors (Lipinski definition) is 34. The number of benzene rings is 1. The normalized spacial score (nSPS) is 16.0. The minimum atomic E-state index is -3.31. The molecule has 12 heterocycles. The minimum Gasteiger partial charge on any atom is -0.476 e. The molecule has 0 saturated carbocycles. The molecule has 0 aliphatic carbocycles. The molecule has 9 aromatic rings. The highest BCUT2D eigenvalue weighted by atomic mass is 36.0. The van der Waals surface area contributed by atoms with Gasteiger partial charge in [-0.05, 0) is 211 Å². The largest absolute Gasteiger partial charge is 0.476 e. The van der Waals surface area contributed by atoms with Gasteiger partial charge in [-0.1, -0.05) is 57.5 Å². The number of esters is 4. The number of sulfonamides is 2. The van der Waals surface area contributed by atoms with Gasteiger partial charge < -0.3 is 60.6 Å². The Morgan fingerprint density at radius 2 is 0.906 bits per heavy atom. The first-order valence-electron chi connectivity index (χ1n) is 42.0. The molecule has 774 valence electrons. The number of aliphatic hydroxyl groups excluding tert-OH is 1. The van der Waals surface area contributed by atoms with Gasteiger partial charge in [0.05, 0.1) is 37.9 Å². The van der Waals surface area contributed by atoms with Crippen LogP contribution in [0.25, 0.3) is 0 Å². The number of aryl methyl sites for hydroxylation is 3. The maximum absolute atomic E-state index is 15.2. The molecule has 4 aliphatic rings. The van der Waals surface area contributed by atoms with Crippen LogP contribution in [-0.2, 0) is 43.6 Å². The molecule has 4 fully saturated rings. The van der Waals surface area contributed by atoms with E-state index in [1.807, 2.05) is 34.2 Å². The predicted octanol–water partition coefficient (Wildman–Crippen LogP) is 13.2. The molecule has 2 unspecified atom stereocenters. The zero-order valence-electron chi connectivity index (χ0n) is 76.6. The summed E-state index contributed by atoms with van der Waals surface area (Å²) in [6, 6.07) is 16.3. The van der Waals surface area contributed by atoms with Gasteiger partial charge in [-0.15, -0.1) is 0 Å². The second kappa shape index (κ2) is 60.3. The lowest BCUT2D eigenvalue weighted by Gasteiger charge is -2.49. The predicted molar refractivity (Wildman–Crippen MR) is 518 cm³/mol. The van der Waals surface area contributed by atoms with Crippen LogP contribution in [0.5, 0.6) is 0 Å². The van der Waals surface area contributed by atoms with Gasteiger partial charge in [0.2, 0.25) is 48.2 Å². The van der Waals surface area contributed by atoms with E-state index in [1.165, 1.54) is 24.0 Å². The number of nitrogens with one attached hydrogen (secondary N) is 10. The van der Waals surface area contributed by atoms with E-state index in [1.54, 1.807) is 94.9 Å². The molecule has 13 rings (SSSR count). The van der Waals surface area contributed by atoms with Crippen LogP contribution in [-0.4, -0.2) is 254 Å². The van der Waals surface area contributed by atoms with E-state index in [9.17, 15) is 82.1 Å². The molecule has 14 N–H and O–H groups in total. The van der Waals surface area contributed by atoms with Gasteiger partial charge in [-0.2, -0.15) is 42.7 Å². The standard InChI is InChI=1S/C22H32FN7O4S.C11H11ClFN5O2.C11H22N2O2S.C10H15N.C7H5Cl2FN2O2.C7H7FN2O4.C5H3FN2O4.C4H7N3.C2H6O.2CH4.Cl3OP/c1-5-34-21(31)19-18(23)20(24-17-10-13(3)27-28-17)26-22(25-19)29(4)16-11-14-8-7-9-15(12-16)30(14)35(32,33)6-2;1-3-20-10(19)8-7(13)9(16-11(12)15-8)14-6-4-5(2)17-18-6;1-3-16(14,15)13-10-5-4-6-11(13)8-9(7-10)12-2;1-3-11(4-2)10-8-6-5-7-9-10;1-2-14-6(13)4-3(10)5(8)12-7(9)11-4;1-2-14-6(12)4-3(8)5(11)10-7(13)9-4;6-1-2(4(10)11)7-5(12)8-3(1)9;1-3-2-4(5)7-6-3;1-2-3;;;1-5(2,3)4/h10,14-16H,5-9,11-12H2,1-4H3,(H2,24,25,26,27,28);4H,3H2,1-2H3,(H2,14,15,16,17,18);9-12H,3-8H2,1-2H3;5-9H,3-4H2,1-2H3;2H2,1H3;2H2,1H3,(H2,9,10,11,13);(H,10,11)(H2,7,8,9,12);2H,1H3,(H3,5,6,7);3H,2H2,1H3;2*1H4;/t14-,15+,16?;;9?,10-,11+;;;;;;;;;. The lowest BCUT2D eigenvalue weighted by Crippen LogP contribution is -2.58. The average molecular weight is 2150 g/mol. The number of rotatable bonds is 23. The van der Waals surface area contributed by atoms with Crippen molar-refractivity contribution in [2.75, 3.05) is 97.9 Å². The minimum absolute atomic E-state index is 0. The number of fused-ring (bicyclic) bond motifs is 4. The van der Waals surface area contributed by atoms with Gasteiger partial charge in [0.15, 0.2) is 74.3 Å². The van der Waals surface area contributed by atoms with Gasteiger partial charge in [0, 0.05) is 104 Å². The number of carboxylic acid groups (broad SMARTS) is 1. The third-order valence-corrected chi connectivity index (χ3v) is 23.8. The van der Waals surface area contributed by atoms with E-state index in [-0.39, 0.29) is 118 Å². The highest BCUT2D eigenvalue weighted by Gasteiger charge is 2.46. The summed E-state index contributed by atoms with van der Waals surface area (Å²) < 4.78 is 149. The summed E-state index contributed by atoms with van der Waals surface area (Å²) in [5.41, 5.74) is 1.12. The molecule has 0 radical (unpaired) electrons. The molecule has 4 saturated heterocycles. The second-order valence-corrected chi connectivity index (χ2v) is 40.8. The van der Waals surface area contributed by atoms with E-state index in [4.69, 9.17) is 60.2 Å². The molecule has 4 aliphatic heterocycles. The van der Waals surface area contributed by atoms with Crippen molar-refractivity contribution in [1.82, 2.24) is 94.4 Å². The summed E-state index contributed by atoms with van der Waals surface area (Å²) >= 11 is 30.3. The maximum Gasteiger partial charge on any atom is 0.360 e. The molecule has 0 amide bonds. The SMILES string of the molecule is C.C.CCN(CC)c1ccccc1.CCO.CCOC(=O)c1[nH]c(=O)[nH]c(=O)c1F.CCOC(=O)c1nc(Cl)nc(Cl)c1F.CCOC(=O)c1nc(Cl)nc(Nc2cc(C)[nH]n2)c1F.CCOC(=O)c1nc(N(C)C2C[C@H]3CCC[C@@H](C2)N3S(=O)(=O)CC)nc(Nc2cc(C)[nH]n2)c1F.CCS(=O)(=O)N1[C@@H]2CCC[C@H]1CC(NC)C2.Cc1cc(N)n[nH]1.O=C(O)c1[nH]c(=O)[nH]c(=O)c1F.O=P(Cl)(Cl)Cl. The van der Waals surface area contributed by atoms with E-state index in [0.717, 1.165) is 75.1 Å². The first-order chi connectivity index (χ1) is 64.4. The number of nitrogens with two attached hydrogens (primary N) is 1. The fourth-order valence-corrected chi connectivity index (χ4v) is 17.2. The van der Waals surface area contributed by atoms with Crippen molar-refractivity contribution in [2.24, 2.45) is 0 Å². The number of nitrogens with zero attached hydrogens (tertiary/aromatic N) is 13. The molecule has 4 bridgehead atoms. The van der Waals surface area contributed by atoms with Crippen molar-refractivity contribution in [1.29, 1.82) is 0 Å². The fourth-order valence-electron chi connectivity index (χ4n) is 13.5. The molecular formula is C81H116Cl6F5N24O20PS2. The van der Waals surface area contributed by atoms with Crippen molar-refractivity contribution in [3.63, 3.8) is 0 Å². The van der Waals surface area contributed by atoms with Crippen molar-refractivity contribution >= 4 is 164 Å². The zero-order chi connectivity index (χ0) is 103. The molecule has 0 spiro atoms. The fraction of sp³-hybridized carbons (Fsp3) is 0.506. The van der Waals surface area contributed by atoms with Crippen LogP contribution in [0.15, 0.2) is 67.7 Å². The van der Waals surface area contributed by atoms with Crippen molar-refractivity contribution in [2.45, 2.75) is 198 Å². The monoisotopic (exact) mass is 2140 g/mol. The van der Waals surface area contributed by atoms with Gasteiger partial charge >= 0.3 is 46.4 Å². The van der Waals surface area contributed by atoms with E-state index in [2.05, 4.69) is 163 Å². The van der Waals surface area contributed by atoms with Crippen molar-refractivity contribution in [3.8, 4) is 0 Å². The lowest BCUT2D eigenvalue weighted by molar-refractivity contribution is 0.0503. The molecule has 6 atom stereocenters. The van der Waals surface area contributed by atoms with Gasteiger partial charge in [-0.25, -0.2) is 83.5 Å². The van der Waals surface area contributed by atoms with Crippen LogP contribution in [0.4, 0.5) is 62.7 Å². The Morgan fingerprint density at radius 1 is 0.540 bits per heavy atom. The van der Waals surface area contributed by atoms with E-state index >= 15 is 4.39 Å². The topological polar surface area (TPSA) is 618 Å². The Bertz CT molecular complexity index is 5960. The first-order valence-corrected chi connectivity index (χ1v) is 50.8. The lowest BCUT2D eigenvalue weighted by atomic mass is 9.83. The van der Waals surface area contributed by atoms with Gasteiger partial charge in [0.1, 0.15) is 5.82 Å². The van der Waals surface area contributed by atoms with Crippen LogP contribution < -0.4 is 54.0 Å². The number of aromatic carboxylic acids is 1. The van der Waals surface area contributed by atoms with Crippen LogP contribution >= 0.6 is 73.7 Å². The number of aromatic nitrogens is 16. The molecule has 58 heteroatoms. The number of ether oxygens (including phenoxy) is 4. The number of para-hydroxylation sites is 1. The molecule has 1 aromatic carbocycles. The maximum atomic E-state index is 15.2. The Balaban J connectivity index is 0.000000552. The van der Waals surface area contributed by atoms with E-state index in [0.29, 0.717) is 36.3 Å². The number of carboxylic acids is 1. The van der Waals surface area contributed by atoms with Gasteiger partial charge in [0.25, 0.3) is 11.1 Å². The van der Waals surface area contributed by atoms with Crippen LogP contribution in [0.1, 0.15) is 211 Å². The Morgan fingerprint density at radius 3 is 1.27 bits per heavy atom. The van der Waals surface area contributed by atoms with Crippen molar-refractivity contribution in [3.05, 3.63) is 181 Å². The number of nitrogen functional groups attached to an aromatic ring is 1. The second-order valence-electron chi connectivity index (χ2n) is 28.8. The highest BCUT2D eigenvalue weighted by Crippen LogP contribution is 2.61. The van der Waals surface area contributed by atoms with Crippen LogP contribution in [0.3, 0.4) is 0 Å². The smallest absolute Gasteiger partial charge is 0.360 e. The third kappa shape index (κ3) is 39.6. The highest BCUT2D eigenvalue weighted by molar-refractivity contribution is 8.24. The average Bonchev–Trinajstić information content (AvgIpc) is 1.12. The molecular weight excluding hydrogens is 2030 g/mol. The summed E-state index contributed by atoms with van der Waals surface area (Å²) in [7, 11) is -2.55. The summed E-state index contributed by atoms with van der Waals surface area (Å²) in [6.07, 6.45) is 8.99. The number of carbonyl (C=O) groups excluding carboxylic acids is 4. The number of anilines is 7. The van der Waals surface area contributed by atoms with Crippen LogP contribution in [0.2, 0.25) is 15.7 Å². The Hall–Kier alpha value is -10.8. The molecule has 44 nitrogen and oxygen atoms in total. The molecule has 8 aromatic heterocycles. The van der Waals surface area contributed by atoms with Gasteiger partial charge in [-0.3, -0.25) is 49.4 Å². The number of aliphatic hydroxyl groups is 1.